The predicted octanol–water partition coefficient (Wildman–Crippen LogP) is 0.0294. The molecule has 0 atom stereocenters. The number of carbonyl (C=O) groups is 1. The molecule has 0 aliphatic carbocycles. The molecule has 4 N–H and O–H groups in total. The van der Waals surface area contributed by atoms with Crippen molar-refractivity contribution >= 4 is 5.97 Å². The molecule has 4 nitrogen and oxygen atoms in total. The van der Waals surface area contributed by atoms with E-state index in [9.17, 15) is 4.79 Å². The molecule has 0 heterocycles. The Kier molecular flexibility index (Phi) is 11.6. The molecule has 0 radical (unpaired) electrons. The van der Waals surface area contributed by atoms with Crippen LogP contribution in [0.3, 0.4) is 0 Å². The molecule has 0 unspecified atom stereocenters. The number of carbonyl (C=O) groups excluding carboxylic acids is 1. The molecule has 12 heavy (non-hydrogen) atoms. The van der Waals surface area contributed by atoms with Crippen molar-refractivity contribution in [2.45, 2.75) is 13.8 Å². The zero-order chi connectivity index (χ0) is 9.98. The monoisotopic (exact) mass is 174 g/mol. The van der Waals surface area contributed by atoms with Gasteiger partial charge in [0.25, 0.3) is 0 Å². The van der Waals surface area contributed by atoms with E-state index in [0.29, 0.717) is 18.7 Å². The van der Waals surface area contributed by atoms with Gasteiger partial charge in [0.1, 0.15) is 0 Å². The second kappa shape index (κ2) is 10.1. The normalized spacial score (nSPS) is 9.92. The Morgan fingerprint density at radius 3 is 1.92 bits per heavy atom. The van der Waals surface area contributed by atoms with E-state index in [1.54, 1.807) is 19.9 Å². The van der Waals surface area contributed by atoms with Crippen molar-refractivity contribution in [2.24, 2.45) is 11.5 Å². The molecule has 0 rings (SSSR count). The third kappa shape index (κ3) is 9.13. The van der Waals surface area contributed by atoms with E-state index in [0.717, 1.165) is 0 Å². The maximum Gasteiger partial charge on any atom is 0.333 e. The van der Waals surface area contributed by atoms with Crippen LogP contribution in [0.15, 0.2) is 11.6 Å². The summed E-state index contributed by atoms with van der Waals surface area (Å²) in [6.07, 6.45) is 1.71. The molecule has 0 bridgehead atoms. The highest BCUT2D eigenvalue weighted by atomic mass is 16.5. The number of nitrogens with two attached hydrogens (primary N) is 2. The van der Waals surface area contributed by atoms with Gasteiger partial charge in [0.05, 0.1) is 7.11 Å². The fourth-order valence-corrected chi connectivity index (χ4v) is 0.279. The van der Waals surface area contributed by atoms with Gasteiger partial charge in [-0.1, -0.05) is 6.08 Å². The van der Waals surface area contributed by atoms with Crippen LogP contribution in [0.2, 0.25) is 0 Å². The number of allylic oxidation sites excluding steroid dienone is 1. The van der Waals surface area contributed by atoms with Gasteiger partial charge < -0.3 is 16.2 Å². The molecular formula is C8H18N2O2. The van der Waals surface area contributed by atoms with E-state index < -0.39 is 0 Å². The zero-order valence-electron chi connectivity index (χ0n) is 7.96. The van der Waals surface area contributed by atoms with Crippen molar-refractivity contribution in [1.29, 1.82) is 0 Å². The van der Waals surface area contributed by atoms with Crippen LogP contribution in [-0.4, -0.2) is 26.2 Å². The fraction of sp³-hybridized carbons (Fsp3) is 0.625. The minimum atomic E-state index is -0.257. The minimum Gasteiger partial charge on any atom is -0.466 e. The lowest BCUT2D eigenvalue weighted by atomic mass is 10.3. The number of ether oxygens (including phenoxy) is 1. The Bertz CT molecular complexity index is 142. The largest absolute Gasteiger partial charge is 0.466 e. The van der Waals surface area contributed by atoms with Crippen LogP contribution < -0.4 is 11.5 Å². The molecule has 0 saturated heterocycles. The first kappa shape index (κ1) is 13.7. The van der Waals surface area contributed by atoms with E-state index in [-0.39, 0.29) is 5.97 Å². The average Bonchev–Trinajstić information content (AvgIpc) is 2.15. The smallest absolute Gasteiger partial charge is 0.333 e. The van der Waals surface area contributed by atoms with Gasteiger partial charge in [-0.3, -0.25) is 0 Å². The summed E-state index contributed by atoms with van der Waals surface area (Å²) in [5.74, 6) is -0.257. The molecule has 0 spiro atoms. The zero-order valence-corrected chi connectivity index (χ0v) is 7.96. The second-order valence-corrected chi connectivity index (χ2v) is 2.04. The molecule has 0 amide bonds. The fourth-order valence-electron chi connectivity index (χ4n) is 0.279. The Morgan fingerprint density at radius 2 is 1.83 bits per heavy atom. The minimum absolute atomic E-state index is 0.257. The van der Waals surface area contributed by atoms with Crippen LogP contribution in [0.25, 0.3) is 0 Å². The molecule has 0 aromatic carbocycles. The van der Waals surface area contributed by atoms with Crippen LogP contribution in [0, 0.1) is 0 Å². The van der Waals surface area contributed by atoms with Gasteiger partial charge in [0.15, 0.2) is 0 Å². The van der Waals surface area contributed by atoms with Crippen LogP contribution in [0.1, 0.15) is 13.8 Å². The summed E-state index contributed by atoms with van der Waals surface area (Å²) in [6, 6.07) is 0. The SMILES string of the molecule is CC=C(C)C(=O)OC.NCCN. The standard InChI is InChI=1S/C6H10O2.C2H8N2/c1-4-5(2)6(7)8-3;3-1-2-4/h4H,1-3H3;1-4H2. The lowest BCUT2D eigenvalue weighted by molar-refractivity contribution is -0.136. The second-order valence-electron chi connectivity index (χ2n) is 2.04. The summed E-state index contributed by atoms with van der Waals surface area (Å²) < 4.78 is 4.40. The quantitative estimate of drug-likeness (QED) is 0.457. The van der Waals surface area contributed by atoms with Crippen molar-refractivity contribution in [2.75, 3.05) is 20.2 Å². The number of methoxy groups -OCH3 is 1. The Hall–Kier alpha value is -0.870. The highest BCUT2D eigenvalue weighted by molar-refractivity contribution is 5.87. The molecular weight excluding hydrogens is 156 g/mol. The van der Waals surface area contributed by atoms with Gasteiger partial charge in [-0.2, -0.15) is 0 Å². The molecule has 0 aliphatic heterocycles. The maximum atomic E-state index is 10.5. The predicted molar refractivity (Wildman–Crippen MR) is 49.6 cm³/mol. The van der Waals surface area contributed by atoms with Crippen molar-refractivity contribution in [3.63, 3.8) is 0 Å². The van der Waals surface area contributed by atoms with E-state index in [1.807, 2.05) is 0 Å². The van der Waals surface area contributed by atoms with Crippen molar-refractivity contribution < 1.29 is 9.53 Å². The average molecular weight is 174 g/mol. The van der Waals surface area contributed by atoms with Crippen molar-refractivity contribution in [1.82, 2.24) is 0 Å². The van der Waals surface area contributed by atoms with Gasteiger partial charge in [-0.15, -0.1) is 0 Å². The summed E-state index contributed by atoms with van der Waals surface area (Å²) in [4.78, 5) is 10.5. The first-order valence-electron chi connectivity index (χ1n) is 3.75. The lowest BCUT2D eigenvalue weighted by Gasteiger charge is -1.93. The Morgan fingerprint density at radius 1 is 1.42 bits per heavy atom. The molecule has 0 aromatic rings. The van der Waals surface area contributed by atoms with Gasteiger partial charge in [-0.25, -0.2) is 4.79 Å². The van der Waals surface area contributed by atoms with Crippen LogP contribution in [0.5, 0.6) is 0 Å². The van der Waals surface area contributed by atoms with E-state index in [4.69, 9.17) is 11.5 Å². The molecule has 0 aromatic heterocycles. The highest BCUT2D eigenvalue weighted by Crippen LogP contribution is 1.92. The van der Waals surface area contributed by atoms with Gasteiger partial charge in [-0.05, 0) is 13.8 Å². The van der Waals surface area contributed by atoms with Gasteiger partial charge in [0.2, 0.25) is 0 Å². The molecule has 0 aliphatic rings. The number of esters is 1. The topological polar surface area (TPSA) is 78.3 Å². The van der Waals surface area contributed by atoms with Gasteiger partial charge >= 0.3 is 5.97 Å². The number of hydrogen-bond donors (Lipinski definition) is 2. The van der Waals surface area contributed by atoms with Crippen LogP contribution in [0.4, 0.5) is 0 Å². The molecule has 0 fully saturated rings. The van der Waals surface area contributed by atoms with Gasteiger partial charge in [0, 0.05) is 18.7 Å². The van der Waals surface area contributed by atoms with Crippen molar-refractivity contribution in [3.8, 4) is 0 Å². The third-order valence-electron chi connectivity index (χ3n) is 1.11. The van der Waals surface area contributed by atoms with E-state index >= 15 is 0 Å². The summed E-state index contributed by atoms with van der Waals surface area (Å²) in [5.41, 5.74) is 10.5. The van der Waals surface area contributed by atoms with Crippen molar-refractivity contribution in [3.05, 3.63) is 11.6 Å². The summed E-state index contributed by atoms with van der Waals surface area (Å²) in [6.45, 7) is 4.71. The summed E-state index contributed by atoms with van der Waals surface area (Å²) in [7, 11) is 1.37. The highest BCUT2D eigenvalue weighted by Gasteiger charge is 1.98. The molecule has 0 saturated carbocycles. The van der Waals surface area contributed by atoms with E-state index in [1.165, 1.54) is 7.11 Å². The first-order valence-corrected chi connectivity index (χ1v) is 3.75. The van der Waals surface area contributed by atoms with Crippen LogP contribution in [-0.2, 0) is 9.53 Å². The Labute approximate surface area is 73.6 Å². The Balaban J connectivity index is 0. The van der Waals surface area contributed by atoms with Crippen LogP contribution >= 0.6 is 0 Å². The molecule has 4 heteroatoms. The number of rotatable bonds is 2. The molecule has 72 valence electrons. The summed E-state index contributed by atoms with van der Waals surface area (Å²) >= 11 is 0. The number of hydrogen-bond acceptors (Lipinski definition) is 4. The first-order chi connectivity index (χ1) is 5.63. The third-order valence-corrected chi connectivity index (χ3v) is 1.11. The maximum absolute atomic E-state index is 10.5. The van der Waals surface area contributed by atoms with E-state index in [2.05, 4.69) is 4.74 Å². The summed E-state index contributed by atoms with van der Waals surface area (Å²) in [5, 5.41) is 0. The lowest BCUT2D eigenvalue weighted by Crippen LogP contribution is -2.11.